The van der Waals surface area contributed by atoms with Crippen LogP contribution in [0.3, 0.4) is 0 Å². The fourth-order valence-corrected chi connectivity index (χ4v) is 2.43. The van der Waals surface area contributed by atoms with E-state index in [1.807, 2.05) is 0 Å². The van der Waals surface area contributed by atoms with E-state index in [9.17, 15) is 24.5 Å². The number of hydrogen-bond donors (Lipinski definition) is 1. The molecule has 1 aliphatic rings. The summed E-state index contributed by atoms with van der Waals surface area (Å²) in [7, 11) is 1.13. The predicted molar refractivity (Wildman–Crippen MR) is 84.6 cm³/mol. The van der Waals surface area contributed by atoms with E-state index < -0.39 is 22.1 Å². The second-order valence-corrected chi connectivity index (χ2v) is 5.69. The molecule has 0 bridgehead atoms. The molecule has 0 atom stereocenters. The van der Waals surface area contributed by atoms with E-state index in [1.165, 1.54) is 6.07 Å². The van der Waals surface area contributed by atoms with Gasteiger partial charge in [-0.3, -0.25) is 19.7 Å². The fourth-order valence-electron chi connectivity index (χ4n) is 2.43. The first kappa shape index (κ1) is 16.6. The molecular formula is C15H14N4O6. The normalized spacial score (nSPS) is 13.5. The summed E-state index contributed by atoms with van der Waals surface area (Å²) in [5.41, 5.74) is -1.87. The maximum absolute atomic E-state index is 12.2. The molecule has 0 saturated heterocycles. The zero-order chi connectivity index (χ0) is 18.1. The van der Waals surface area contributed by atoms with Gasteiger partial charge < -0.3 is 14.3 Å². The fraction of sp³-hybridized carbons (Fsp3) is 0.333. The molecule has 2 aromatic rings. The van der Waals surface area contributed by atoms with Crippen LogP contribution < -0.4 is 11.1 Å². The van der Waals surface area contributed by atoms with E-state index in [0.717, 1.165) is 36.8 Å². The molecule has 0 aromatic carbocycles. The highest BCUT2D eigenvalue weighted by molar-refractivity contribution is 5.89. The smallest absolute Gasteiger partial charge is 0.339 e. The number of nitrogens with zero attached hydrogens (tertiary/aromatic N) is 3. The third kappa shape index (κ3) is 3.47. The zero-order valence-electron chi connectivity index (χ0n) is 13.2. The Kier molecular flexibility index (Phi) is 4.17. The van der Waals surface area contributed by atoms with Gasteiger partial charge in [0.1, 0.15) is 5.82 Å². The van der Waals surface area contributed by atoms with Gasteiger partial charge in [-0.1, -0.05) is 0 Å². The second-order valence-electron chi connectivity index (χ2n) is 5.69. The molecule has 0 spiro atoms. The molecule has 130 valence electrons. The molecular weight excluding hydrogens is 332 g/mol. The minimum Gasteiger partial charge on any atom is -0.465 e. The summed E-state index contributed by atoms with van der Waals surface area (Å²) in [6, 6.07) is 2.08. The van der Waals surface area contributed by atoms with Crippen LogP contribution in [0.2, 0.25) is 0 Å². The SMILES string of the molecule is COC(=O)c1cc([N+](=O)[O-])c(=O)n(Cc2cc(=O)[nH]c(C3CC3)n2)c1. The van der Waals surface area contributed by atoms with Gasteiger partial charge >= 0.3 is 17.2 Å². The lowest BCUT2D eigenvalue weighted by Gasteiger charge is -2.08. The Hall–Kier alpha value is -3.30. The number of aromatic nitrogens is 3. The Bertz CT molecular complexity index is 973. The molecule has 3 rings (SSSR count). The van der Waals surface area contributed by atoms with Crippen molar-refractivity contribution in [1.29, 1.82) is 0 Å². The molecule has 0 amide bonds. The van der Waals surface area contributed by atoms with E-state index in [1.54, 1.807) is 0 Å². The monoisotopic (exact) mass is 346 g/mol. The van der Waals surface area contributed by atoms with Gasteiger partial charge in [0.25, 0.3) is 5.56 Å². The van der Waals surface area contributed by atoms with E-state index in [0.29, 0.717) is 5.82 Å². The van der Waals surface area contributed by atoms with Crippen LogP contribution in [-0.2, 0) is 11.3 Å². The van der Waals surface area contributed by atoms with Crippen molar-refractivity contribution in [2.45, 2.75) is 25.3 Å². The molecule has 0 aliphatic heterocycles. The van der Waals surface area contributed by atoms with Crippen molar-refractivity contribution in [2.24, 2.45) is 0 Å². The summed E-state index contributed by atoms with van der Waals surface area (Å²) >= 11 is 0. The van der Waals surface area contributed by atoms with Crippen molar-refractivity contribution in [3.05, 3.63) is 66.2 Å². The minimum atomic E-state index is -0.896. The highest BCUT2D eigenvalue weighted by Crippen LogP contribution is 2.37. The summed E-state index contributed by atoms with van der Waals surface area (Å²) < 4.78 is 5.52. The third-order valence-electron chi connectivity index (χ3n) is 3.79. The summed E-state index contributed by atoms with van der Waals surface area (Å²) in [6.07, 6.45) is 3.01. The van der Waals surface area contributed by atoms with E-state index in [4.69, 9.17) is 0 Å². The number of pyridine rings is 1. The molecule has 0 radical (unpaired) electrons. The summed E-state index contributed by atoms with van der Waals surface area (Å²) in [6.45, 7) is -0.172. The standard InChI is InChI=1S/C15H14N4O6/c1-25-15(22)9-4-11(19(23)24)14(21)18(6-9)7-10-5-12(20)17-13(16-10)8-2-3-8/h4-6,8H,2-3,7H2,1H3,(H,16,17,20). The molecule has 1 fully saturated rings. The Morgan fingerprint density at radius 1 is 1.44 bits per heavy atom. The van der Waals surface area contributed by atoms with Gasteiger partial charge in [-0.05, 0) is 12.8 Å². The van der Waals surface area contributed by atoms with Crippen molar-refractivity contribution in [2.75, 3.05) is 7.11 Å². The van der Waals surface area contributed by atoms with Crippen LogP contribution in [0.1, 0.15) is 40.6 Å². The van der Waals surface area contributed by atoms with Crippen molar-refractivity contribution in [3.8, 4) is 0 Å². The van der Waals surface area contributed by atoms with Gasteiger partial charge in [-0.2, -0.15) is 0 Å². The number of carbonyl (C=O) groups excluding carboxylic acids is 1. The summed E-state index contributed by atoms with van der Waals surface area (Å²) in [5, 5.41) is 11.1. The largest absolute Gasteiger partial charge is 0.465 e. The van der Waals surface area contributed by atoms with Crippen LogP contribution >= 0.6 is 0 Å². The maximum Gasteiger partial charge on any atom is 0.339 e. The predicted octanol–water partition coefficient (Wildman–Crippen LogP) is 0.552. The van der Waals surface area contributed by atoms with Crippen LogP contribution in [0, 0.1) is 10.1 Å². The first-order chi connectivity index (χ1) is 11.9. The quantitative estimate of drug-likeness (QED) is 0.474. The summed E-state index contributed by atoms with van der Waals surface area (Å²) in [4.78, 5) is 52.8. The molecule has 2 heterocycles. The zero-order valence-corrected chi connectivity index (χ0v) is 13.2. The number of hydrogen-bond acceptors (Lipinski definition) is 7. The topological polar surface area (TPSA) is 137 Å². The lowest BCUT2D eigenvalue weighted by atomic mass is 10.2. The number of esters is 1. The first-order valence-corrected chi connectivity index (χ1v) is 7.46. The summed E-state index contributed by atoms with van der Waals surface area (Å²) in [5.74, 6) is -0.0799. The number of aromatic amines is 1. The average Bonchev–Trinajstić information content (AvgIpc) is 3.40. The van der Waals surface area contributed by atoms with Crippen molar-refractivity contribution in [3.63, 3.8) is 0 Å². The Balaban J connectivity index is 2.06. The molecule has 1 saturated carbocycles. The number of nitro groups is 1. The lowest BCUT2D eigenvalue weighted by Crippen LogP contribution is -2.26. The molecule has 10 nitrogen and oxygen atoms in total. The second kappa shape index (κ2) is 6.30. The van der Waals surface area contributed by atoms with Gasteiger partial charge in [-0.15, -0.1) is 0 Å². The van der Waals surface area contributed by atoms with Crippen LogP contribution in [-0.4, -0.2) is 32.5 Å². The van der Waals surface area contributed by atoms with Gasteiger partial charge in [0.2, 0.25) is 0 Å². The number of carbonyl (C=O) groups is 1. The minimum absolute atomic E-state index is 0.138. The van der Waals surface area contributed by atoms with Crippen molar-refractivity contribution in [1.82, 2.24) is 14.5 Å². The molecule has 25 heavy (non-hydrogen) atoms. The number of H-pyrrole nitrogens is 1. The van der Waals surface area contributed by atoms with Crippen molar-refractivity contribution < 1.29 is 14.5 Å². The van der Waals surface area contributed by atoms with E-state index in [-0.39, 0.29) is 29.3 Å². The van der Waals surface area contributed by atoms with Crippen molar-refractivity contribution >= 4 is 11.7 Å². The van der Waals surface area contributed by atoms with Gasteiger partial charge in [0.05, 0.1) is 29.8 Å². The molecule has 1 aliphatic carbocycles. The first-order valence-electron chi connectivity index (χ1n) is 7.46. The third-order valence-corrected chi connectivity index (χ3v) is 3.79. The van der Waals surface area contributed by atoms with Gasteiger partial charge in [-0.25, -0.2) is 9.78 Å². The highest BCUT2D eigenvalue weighted by Gasteiger charge is 2.26. The van der Waals surface area contributed by atoms with Crippen LogP contribution in [0.15, 0.2) is 27.9 Å². The molecule has 10 heteroatoms. The van der Waals surface area contributed by atoms with Crippen LogP contribution in [0.5, 0.6) is 0 Å². The lowest BCUT2D eigenvalue weighted by molar-refractivity contribution is -0.386. The van der Waals surface area contributed by atoms with Gasteiger partial charge in [0.15, 0.2) is 0 Å². The van der Waals surface area contributed by atoms with Crippen LogP contribution in [0.4, 0.5) is 5.69 Å². The van der Waals surface area contributed by atoms with E-state index in [2.05, 4.69) is 14.7 Å². The van der Waals surface area contributed by atoms with Crippen LogP contribution in [0.25, 0.3) is 0 Å². The molecule has 1 N–H and O–H groups in total. The highest BCUT2D eigenvalue weighted by atomic mass is 16.6. The molecule has 2 aromatic heterocycles. The molecule has 0 unspecified atom stereocenters. The Morgan fingerprint density at radius 2 is 2.16 bits per heavy atom. The average molecular weight is 346 g/mol. The maximum atomic E-state index is 12.2. The van der Waals surface area contributed by atoms with E-state index >= 15 is 0 Å². The Morgan fingerprint density at radius 3 is 2.76 bits per heavy atom. The Labute approximate surface area is 140 Å². The van der Waals surface area contributed by atoms with Gasteiger partial charge in [0, 0.05) is 24.2 Å². The number of rotatable bonds is 5. The number of methoxy groups -OCH3 is 1. The number of nitrogens with one attached hydrogen (secondary N) is 1. The number of ether oxygens (including phenoxy) is 1.